The zero-order valence-corrected chi connectivity index (χ0v) is 9.01. The molecule has 1 heterocycles. The number of aromatic nitrogens is 3. The van der Waals surface area contributed by atoms with Crippen LogP contribution in [0.15, 0.2) is 48.5 Å². The molecule has 3 heteroatoms. The van der Waals surface area contributed by atoms with Gasteiger partial charge in [0.2, 0.25) is 0 Å². The normalized spacial score (nSPS) is 10.4. The molecule has 3 aromatic rings. The van der Waals surface area contributed by atoms with Crippen molar-refractivity contribution in [1.29, 1.82) is 0 Å². The van der Waals surface area contributed by atoms with Gasteiger partial charge in [0.15, 0.2) is 11.6 Å². The molecule has 1 N–H and O–H groups in total. The average Bonchev–Trinajstić information content (AvgIpc) is 2.90. The van der Waals surface area contributed by atoms with Crippen molar-refractivity contribution in [3.63, 3.8) is 0 Å². The van der Waals surface area contributed by atoms with Crippen LogP contribution in [0.4, 0.5) is 0 Å². The zero-order chi connectivity index (χ0) is 11.5. The summed E-state index contributed by atoms with van der Waals surface area (Å²) in [4.78, 5) is 4.46. The number of H-pyrrole nitrogens is 1. The SMILES string of the molecule is [c]1ccc(-c2n[nH]c(-c3cc[c]cc3)n2)cc1. The zero-order valence-electron chi connectivity index (χ0n) is 9.01. The van der Waals surface area contributed by atoms with Crippen LogP contribution in [-0.4, -0.2) is 15.2 Å². The standard InChI is InChI=1S/C14H9N3/c1-3-7-11(8-4-1)13-15-14(17-16-13)12-9-5-2-6-10-12/h3-10H,(H,15,16,17). The molecule has 0 unspecified atom stereocenters. The quantitative estimate of drug-likeness (QED) is 0.720. The molecule has 0 spiro atoms. The molecule has 3 rings (SSSR count). The highest BCUT2D eigenvalue weighted by molar-refractivity contribution is 5.60. The van der Waals surface area contributed by atoms with E-state index in [0.717, 1.165) is 17.0 Å². The van der Waals surface area contributed by atoms with Crippen LogP contribution >= 0.6 is 0 Å². The lowest BCUT2D eigenvalue weighted by Gasteiger charge is -1.93. The van der Waals surface area contributed by atoms with Crippen LogP contribution in [0.3, 0.4) is 0 Å². The second-order valence-electron chi connectivity index (χ2n) is 3.58. The molecule has 0 bridgehead atoms. The van der Waals surface area contributed by atoms with E-state index in [4.69, 9.17) is 0 Å². The van der Waals surface area contributed by atoms with E-state index in [0.29, 0.717) is 5.82 Å². The van der Waals surface area contributed by atoms with E-state index in [1.165, 1.54) is 0 Å². The molecule has 80 valence electrons. The Bertz CT molecular complexity index is 546. The van der Waals surface area contributed by atoms with Gasteiger partial charge in [-0.3, -0.25) is 5.10 Å². The summed E-state index contributed by atoms with van der Waals surface area (Å²) in [5, 5.41) is 7.14. The van der Waals surface area contributed by atoms with Crippen LogP contribution in [0, 0.1) is 12.1 Å². The summed E-state index contributed by atoms with van der Waals surface area (Å²) in [5.74, 6) is 1.46. The Morgan fingerprint density at radius 2 is 1.41 bits per heavy atom. The summed E-state index contributed by atoms with van der Waals surface area (Å²) in [6.45, 7) is 0. The molecule has 0 aliphatic carbocycles. The van der Waals surface area contributed by atoms with Gasteiger partial charge in [-0.15, -0.1) is 0 Å². The first-order chi connectivity index (χ1) is 8.43. The van der Waals surface area contributed by atoms with Gasteiger partial charge in [0.05, 0.1) is 0 Å². The van der Waals surface area contributed by atoms with E-state index < -0.39 is 0 Å². The maximum absolute atomic E-state index is 4.46. The van der Waals surface area contributed by atoms with Gasteiger partial charge in [-0.1, -0.05) is 48.5 Å². The summed E-state index contributed by atoms with van der Waals surface area (Å²) in [6.07, 6.45) is 0. The summed E-state index contributed by atoms with van der Waals surface area (Å²) in [5.41, 5.74) is 1.98. The fourth-order valence-corrected chi connectivity index (χ4v) is 1.60. The maximum Gasteiger partial charge on any atom is 0.181 e. The van der Waals surface area contributed by atoms with Gasteiger partial charge in [-0.05, 0) is 12.1 Å². The Hall–Kier alpha value is -2.42. The van der Waals surface area contributed by atoms with E-state index in [9.17, 15) is 0 Å². The van der Waals surface area contributed by atoms with E-state index in [1.54, 1.807) is 0 Å². The second-order valence-corrected chi connectivity index (χ2v) is 3.58. The van der Waals surface area contributed by atoms with E-state index in [2.05, 4.69) is 27.3 Å². The smallest absolute Gasteiger partial charge is 0.181 e. The highest BCUT2D eigenvalue weighted by Crippen LogP contribution is 2.18. The fraction of sp³-hybridized carbons (Fsp3) is 0. The molecule has 0 saturated carbocycles. The lowest BCUT2D eigenvalue weighted by atomic mass is 10.2. The predicted octanol–water partition coefficient (Wildman–Crippen LogP) is 2.74. The van der Waals surface area contributed by atoms with Crippen LogP contribution in [0.1, 0.15) is 0 Å². The number of benzene rings is 2. The third-order valence-corrected chi connectivity index (χ3v) is 2.45. The summed E-state index contributed by atoms with van der Waals surface area (Å²) in [7, 11) is 0. The summed E-state index contributed by atoms with van der Waals surface area (Å²) < 4.78 is 0. The van der Waals surface area contributed by atoms with Gasteiger partial charge in [-0.2, -0.15) is 5.10 Å². The molecule has 3 nitrogen and oxygen atoms in total. The lowest BCUT2D eigenvalue weighted by molar-refractivity contribution is 1.10. The largest absolute Gasteiger partial charge is 0.259 e. The molecule has 0 aliphatic rings. The Kier molecular flexibility index (Phi) is 2.43. The van der Waals surface area contributed by atoms with Gasteiger partial charge in [-0.25, -0.2) is 4.98 Å². The fourth-order valence-electron chi connectivity index (χ4n) is 1.60. The van der Waals surface area contributed by atoms with Gasteiger partial charge < -0.3 is 0 Å². The molecule has 1 aromatic heterocycles. The summed E-state index contributed by atoms with van der Waals surface area (Å²) in [6, 6.07) is 21.1. The predicted molar refractivity (Wildman–Crippen MR) is 64.9 cm³/mol. The minimum Gasteiger partial charge on any atom is -0.259 e. The average molecular weight is 219 g/mol. The molecular formula is C14H9N3. The van der Waals surface area contributed by atoms with Gasteiger partial charge in [0, 0.05) is 11.1 Å². The number of nitrogens with zero attached hydrogens (tertiary/aromatic N) is 2. The van der Waals surface area contributed by atoms with Crippen LogP contribution in [0.25, 0.3) is 22.8 Å². The maximum atomic E-state index is 4.46. The number of hydrogen-bond acceptors (Lipinski definition) is 2. The number of hydrogen-bond donors (Lipinski definition) is 1. The van der Waals surface area contributed by atoms with Crippen molar-refractivity contribution in [1.82, 2.24) is 15.2 Å². The van der Waals surface area contributed by atoms with Crippen LogP contribution in [-0.2, 0) is 0 Å². The first-order valence-corrected chi connectivity index (χ1v) is 5.29. The highest BCUT2D eigenvalue weighted by atomic mass is 15.2. The second kappa shape index (κ2) is 4.22. The van der Waals surface area contributed by atoms with Crippen molar-refractivity contribution in [2.75, 3.05) is 0 Å². The van der Waals surface area contributed by atoms with Crippen molar-refractivity contribution in [2.24, 2.45) is 0 Å². The molecule has 0 aliphatic heterocycles. The lowest BCUT2D eigenvalue weighted by Crippen LogP contribution is -1.80. The number of nitrogens with one attached hydrogen (secondary N) is 1. The highest BCUT2D eigenvalue weighted by Gasteiger charge is 2.06. The Morgan fingerprint density at radius 1 is 0.824 bits per heavy atom. The minimum absolute atomic E-state index is 0.696. The Balaban J connectivity index is 1.99. The molecule has 0 amide bonds. The molecular weight excluding hydrogens is 210 g/mol. The minimum atomic E-state index is 0.696. The third-order valence-electron chi connectivity index (χ3n) is 2.45. The van der Waals surface area contributed by atoms with Crippen LogP contribution in [0.5, 0.6) is 0 Å². The molecule has 2 radical (unpaired) electrons. The van der Waals surface area contributed by atoms with Crippen molar-refractivity contribution < 1.29 is 0 Å². The molecule has 0 fully saturated rings. The van der Waals surface area contributed by atoms with Gasteiger partial charge in [0.1, 0.15) is 0 Å². The third kappa shape index (κ3) is 1.95. The van der Waals surface area contributed by atoms with E-state index >= 15 is 0 Å². The van der Waals surface area contributed by atoms with Crippen molar-refractivity contribution in [3.05, 3.63) is 60.7 Å². The number of aromatic amines is 1. The topological polar surface area (TPSA) is 41.6 Å². The first-order valence-electron chi connectivity index (χ1n) is 5.29. The summed E-state index contributed by atoms with van der Waals surface area (Å²) >= 11 is 0. The van der Waals surface area contributed by atoms with E-state index in [1.807, 2.05) is 48.5 Å². The van der Waals surface area contributed by atoms with Crippen molar-refractivity contribution in [3.8, 4) is 22.8 Å². The number of rotatable bonds is 2. The molecule has 17 heavy (non-hydrogen) atoms. The molecule has 0 saturated heterocycles. The van der Waals surface area contributed by atoms with E-state index in [-0.39, 0.29) is 0 Å². The van der Waals surface area contributed by atoms with Crippen molar-refractivity contribution >= 4 is 0 Å². The van der Waals surface area contributed by atoms with Gasteiger partial charge in [0.25, 0.3) is 0 Å². The molecule has 0 atom stereocenters. The van der Waals surface area contributed by atoms with Crippen LogP contribution in [0.2, 0.25) is 0 Å². The van der Waals surface area contributed by atoms with Gasteiger partial charge >= 0.3 is 0 Å². The Labute approximate surface area is 99.2 Å². The first kappa shape index (κ1) is 9.78. The van der Waals surface area contributed by atoms with Crippen molar-refractivity contribution in [2.45, 2.75) is 0 Å². The Morgan fingerprint density at radius 3 is 2.06 bits per heavy atom. The molecule has 2 aromatic carbocycles. The monoisotopic (exact) mass is 219 g/mol. The van der Waals surface area contributed by atoms with Crippen LogP contribution < -0.4 is 0 Å².